The third-order valence-electron chi connectivity index (χ3n) is 4.12. The number of carboxylic acids is 1. The predicted octanol–water partition coefficient (Wildman–Crippen LogP) is 2.47. The van der Waals surface area contributed by atoms with Crippen molar-refractivity contribution in [2.45, 2.75) is 19.4 Å². The fourth-order valence-electron chi connectivity index (χ4n) is 2.75. The van der Waals surface area contributed by atoms with Gasteiger partial charge in [-0.15, -0.1) is 0 Å². The summed E-state index contributed by atoms with van der Waals surface area (Å²) < 4.78 is 5.05. The van der Waals surface area contributed by atoms with Gasteiger partial charge in [-0.1, -0.05) is 47.7 Å². The molecule has 1 amide bonds. The van der Waals surface area contributed by atoms with Crippen molar-refractivity contribution in [3.63, 3.8) is 0 Å². The lowest BCUT2D eigenvalue weighted by molar-refractivity contribution is -0.145. The summed E-state index contributed by atoms with van der Waals surface area (Å²) in [5.74, 6) is -2.14. The smallest absolute Gasteiger partial charge is 0.328 e. The van der Waals surface area contributed by atoms with Gasteiger partial charge in [0.25, 0.3) is 5.91 Å². The number of nitrogens with zero attached hydrogens (tertiary/aromatic N) is 3. The van der Waals surface area contributed by atoms with E-state index in [1.807, 2.05) is 0 Å². The summed E-state index contributed by atoms with van der Waals surface area (Å²) in [7, 11) is 0. The molecule has 0 unspecified atom stereocenters. The molecule has 152 valence electrons. The summed E-state index contributed by atoms with van der Waals surface area (Å²) in [5, 5.41) is 15.7. The van der Waals surface area contributed by atoms with Crippen LogP contribution in [0.1, 0.15) is 18.9 Å². The van der Waals surface area contributed by atoms with E-state index >= 15 is 0 Å². The summed E-state index contributed by atoms with van der Waals surface area (Å²) in [5.41, 5.74) is 1.30. The van der Waals surface area contributed by atoms with Gasteiger partial charge in [0, 0.05) is 17.6 Å². The molecule has 1 aromatic carbocycles. The third-order valence-corrected chi connectivity index (χ3v) is 5.74. The zero-order valence-corrected chi connectivity index (χ0v) is 17.6. The molecule has 1 fully saturated rings. The van der Waals surface area contributed by atoms with Crippen LogP contribution in [0.5, 0.6) is 0 Å². The normalized spacial score (nSPS) is 20.4. The van der Waals surface area contributed by atoms with E-state index < -0.39 is 23.9 Å². The molecule has 1 N–H and O–H groups in total. The highest BCUT2D eigenvalue weighted by Gasteiger charge is 2.37. The molecule has 0 saturated carbocycles. The second kappa shape index (κ2) is 8.93. The van der Waals surface area contributed by atoms with Crippen LogP contribution in [0.25, 0.3) is 0 Å². The molecule has 3 rings (SSSR count). The summed E-state index contributed by atoms with van der Waals surface area (Å²) in [6, 6.07) is 5.93. The number of rotatable bonds is 6. The van der Waals surface area contributed by atoms with Crippen LogP contribution >= 0.6 is 35.6 Å². The number of thiocarbonyl (C=S) groups is 1. The number of hydrazone groups is 1. The van der Waals surface area contributed by atoms with E-state index in [1.165, 1.54) is 11.2 Å². The Morgan fingerprint density at radius 1 is 1.41 bits per heavy atom. The van der Waals surface area contributed by atoms with E-state index in [4.69, 9.17) is 28.6 Å². The van der Waals surface area contributed by atoms with Crippen molar-refractivity contribution in [3.8, 4) is 0 Å². The van der Waals surface area contributed by atoms with Gasteiger partial charge >= 0.3 is 11.9 Å². The molecule has 1 atom stereocenters. The molecule has 2 aliphatic rings. The molecule has 1 aromatic rings. The molecule has 0 radical (unpaired) electrons. The van der Waals surface area contributed by atoms with Gasteiger partial charge < -0.3 is 9.84 Å². The Kier molecular flexibility index (Phi) is 6.56. The van der Waals surface area contributed by atoms with Crippen LogP contribution in [-0.2, 0) is 19.1 Å². The van der Waals surface area contributed by atoms with E-state index in [9.17, 15) is 19.5 Å². The molecule has 2 heterocycles. The second-order valence-electron chi connectivity index (χ2n) is 6.05. The lowest BCUT2D eigenvalue weighted by Gasteiger charge is -2.16. The van der Waals surface area contributed by atoms with Gasteiger partial charge in [-0.2, -0.15) is 5.10 Å². The van der Waals surface area contributed by atoms with Crippen molar-refractivity contribution in [2.24, 2.45) is 5.10 Å². The summed E-state index contributed by atoms with van der Waals surface area (Å²) in [6.45, 7) is 1.56. The number of ether oxygens (including phenoxy) is 1. The van der Waals surface area contributed by atoms with E-state index in [2.05, 4.69) is 5.10 Å². The molecule has 29 heavy (non-hydrogen) atoms. The summed E-state index contributed by atoms with van der Waals surface area (Å²) in [4.78, 5) is 37.3. The van der Waals surface area contributed by atoms with Crippen LogP contribution in [0.2, 0.25) is 5.02 Å². The summed E-state index contributed by atoms with van der Waals surface area (Å²) in [6.07, 6.45) is 1.52. The van der Waals surface area contributed by atoms with Crippen molar-refractivity contribution in [3.05, 3.63) is 46.0 Å². The fraction of sp³-hybridized carbons (Fsp3) is 0.278. The van der Waals surface area contributed by atoms with E-state index in [0.717, 1.165) is 22.2 Å². The Labute approximate surface area is 181 Å². The van der Waals surface area contributed by atoms with Gasteiger partial charge in [0.2, 0.25) is 0 Å². The SMILES string of the molecule is CCOC(=O)CN1C(=O)/C(=C/N2N=C(c3ccc(Cl)cc3)C[C@H]2C(=O)O)SC1=S. The maximum Gasteiger partial charge on any atom is 0.328 e. The Hall–Kier alpha value is -2.43. The first kappa shape index (κ1) is 21.3. The Bertz CT molecular complexity index is 932. The average Bonchev–Trinajstić information content (AvgIpc) is 3.20. The lowest BCUT2D eigenvalue weighted by atomic mass is 10.0. The first-order valence-corrected chi connectivity index (χ1v) is 10.2. The number of halogens is 1. The monoisotopic (exact) mass is 453 g/mol. The van der Waals surface area contributed by atoms with Gasteiger partial charge in [0.15, 0.2) is 6.04 Å². The number of hydrogen-bond donors (Lipinski definition) is 1. The van der Waals surface area contributed by atoms with Gasteiger partial charge in [0.05, 0.1) is 17.2 Å². The number of carbonyl (C=O) groups excluding carboxylic acids is 2. The summed E-state index contributed by atoms with van der Waals surface area (Å²) >= 11 is 12.0. The van der Waals surface area contributed by atoms with E-state index in [-0.39, 0.29) is 28.8 Å². The Morgan fingerprint density at radius 3 is 2.72 bits per heavy atom. The van der Waals surface area contributed by atoms with Gasteiger partial charge in [-0.25, -0.2) is 4.79 Å². The number of carbonyl (C=O) groups is 3. The number of aliphatic carboxylic acids is 1. The molecule has 0 aromatic heterocycles. The number of esters is 1. The fourth-order valence-corrected chi connectivity index (χ4v) is 4.09. The van der Waals surface area contributed by atoms with Crippen molar-refractivity contribution in [1.29, 1.82) is 0 Å². The standard InChI is InChI=1S/C18H16ClN3O5S2/c1-2-27-15(23)9-21-16(24)14(29-18(21)28)8-22-13(17(25)26)7-12(20-22)10-3-5-11(19)6-4-10/h3-6,8,13H,2,7,9H2,1H3,(H,25,26)/b14-8-/t13-/m0/s1. The lowest BCUT2D eigenvalue weighted by Crippen LogP contribution is -2.35. The molecule has 0 spiro atoms. The number of benzene rings is 1. The van der Waals surface area contributed by atoms with E-state index in [0.29, 0.717) is 10.7 Å². The second-order valence-corrected chi connectivity index (χ2v) is 8.16. The molecule has 0 bridgehead atoms. The highest BCUT2D eigenvalue weighted by molar-refractivity contribution is 8.26. The van der Waals surface area contributed by atoms with Crippen molar-refractivity contribution in [2.75, 3.05) is 13.2 Å². The third kappa shape index (κ3) is 4.77. The highest BCUT2D eigenvalue weighted by Crippen LogP contribution is 2.33. The number of amides is 1. The molecular weight excluding hydrogens is 438 g/mol. The largest absolute Gasteiger partial charge is 0.480 e. The number of hydrogen-bond acceptors (Lipinski definition) is 8. The maximum atomic E-state index is 12.6. The minimum atomic E-state index is -1.07. The molecule has 0 aliphatic carbocycles. The highest BCUT2D eigenvalue weighted by atomic mass is 35.5. The zero-order chi connectivity index (χ0) is 21.1. The minimum absolute atomic E-state index is 0.163. The average molecular weight is 454 g/mol. The van der Waals surface area contributed by atoms with Gasteiger partial charge in [-0.05, 0) is 24.6 Å². The predicted molar refractivity (Wildman–Crippen MR) is 112 cm³/mol. The first-order valence-electron chi connectivity index (χ1n) is 8.55. The van der Waals surface area contributed by atoms with Crippen LogP contribution in [0, 0.1) is 0 Å². The topological polar surface area (TPSA) is 99.5 Å². The molecule has 1 saturated heterocycles. The molecule has 2 aliphatic heterocycles. The zero-order valence-electron chi connectivity index (χ0n) is 15.2. The van der Waals surface area contributed by atoms with Crippen LogP contribution < -0.4 is 0 Å². The van der Waals surface area contributed by atoms with Crippen molar-refractivity contribution in [1.82, 2.24) is 9.91 Å². The van der Waals surface area contributed by atoms with Crippen LogP contribution in [0.4, 0.5) is 0 Å². The van der Waals surface area contributed by atoms with Crippen molar-refractivity contribution >= 4 is 63.5 Å². The number of carboxylic acid groups (broad SMARTS) is 1. The minimum Gasteiger partial charge on any atom is -0.480 e. The molecule has 8 nitrogen and oxygen atoms in total. The van der Waals surface area contributed by atoms with Gasteiger partial charge in [0.1, 0.15) is 10.9 Å². The molecular formula is C18H16ClN3O5S2. The Morgan fingerprint density at radius 2 is 2.10 bits per heavy atom. The Balaban J connectivity index is 1.83. The van der Waals surface area contributed by atoms with Crippen molar-refractivity contribution < 1.29 is 24.2 Å². The van der Waals surface area contributed by atoms with Gasteiger partial charge in [-0.3, -0.25) is 19.5 Å². The van der Waals surface area contributed by atoms with Crippen LogP contribution in [-0.4, -0.2) is 62.1 Å². The quantitative estimate of drug-likeness (QED) is 0.398. The van der Waals surface area contributed by atoms with Crippen LogP contribution in [0.3, 0.4) is 0 Å². The maximum absolute atomic E-state index is 12.6. The first-order chi connectivity index (χ1) is 13.8. The number of thioether (sulfide) groups is 1. The van der Waals surface area contributed by atoms with Crippen LogP contribution in [0.15, 0.2) is 40.5 Å². The molecule has 11 heteroatoms. The van der Waals surface area contributed by atoms with E-state index in [1.54, 1.807) is 31.2 Å².